The average Bonchev–Trinajstić information content (AvgIpc) is 3.06. The molecule has 0 saturated carbocycles. The number of para-hydroxylation sites is 1. The van der Waals surface area contributed by atoms with E-state index in [1.807, 2.05) is 0 Å². The third-order valence-corrected chi connectivity index (χ3v) is 6.54. The maximum atomic E-state index is 14.2. The monoisotopic (exact) mass is 517 g/mol. The molecular formula is C25H18Cl2FNO4S. The lowest BCUT2D eigenvalue weighted by Gasteiger charge is -2.15. The second kappa shape index (κ2) is 10.5. The Morgan fingerprint density at radius 1 is 1.06 bits per heavy atom. The van der Waals surface area contributed by atoms with E-state index in [9.17, 15) is 14.0 Å². The standard InChI is InChI=1S/C25H18Cl2FNO4S/c1-32-21-10-3-6-16(23(21)33-14-18-19(27)8-4-9-20(18)28)12-22-24(30)29(25(31)34-22)13-15-5-2-7-17(26)11-15/h2-12H,13-14H2,1H3/b22-12-. The molecule has 174 valence electrons. The first-order valence-electron chi connectivity index (χ1n) is 10.1. The fraction of sp³-hybridized carbons (Fsp3) is 0.120. The molecule has 1 saturated heterocycles. The largest absolute Gasteiger partial charge is 0.493 e. The Labute approximate surface area is 210 Å². The van der Waals surface area contributed by atoms with Gasteiger partial charge in [0.2, 0.25) is 0 Å². The molecule has 0 spiro atoms. The molecule has 5 nitrogen and oxygen atoms in total. The van der Waals surface area contributed by atoms with Gasteiger partial charge in [-0.3, -0.25) is 14.5 Å². The number of carbonyl (C=O) groups excluding carboxylic acids is 2. The van der Waals surface area contributed by atoms with Crippen LogP contribution in [-0.2, 0) is 17.9 Å². The molecule has 3 aromatic rings. The van der Waals surface area contributed by atoms with E-state index in [-0.39, 0.29) is 33.9 Å². The van der Waals surface area contributed by atoms with Gasteiger partial charge in [-0.25, -0.2) is 4.39 Å². The van der Waals surface area contributed by atoms with Crippen LogP contribution in [0.1, 0.15) is 16.7 Å². The van der Waals surface area contributed by atoms with Crippen LogP contribution in [0.5, 0.6) is 11.5 Å². The van der Waals surface area contributed by atoms with Crippen LogP contribution in [0.15, 0.2) is 65.6 Å². The molecule has 1 aliphatic rings. The number of hydrogen-bond donors (Lipinski definition) is 0. The van der Waals surface area contributed by atoms with Crippen LogP contribution in [0.25, 0.3) is 6.08 Å². The zero-order chi connectivity index (χ0) is 24.2. The average molecular weight is 518 g/mol. The first kappa shape index (κ1) is 24.1. The number of thioether (sulfide) groups is 1. The minimum absolute atomic E-state index is 0.107. The predicted molar refractivity (Wildman–Crippen MR) is 132 cm³/mol. The van der Waals surface area contributed by atoms with Crippen LogP contribution in [-0.4, -0.2) is 23.2 Å². The third kappa shape index (κ3) is 5.22. The summed E-state index contributed by atoms with van der Waals surface area (Å²) in [5.74, 6) is -0.239. The Morgan fingerprint density at radius 2 is 1.82 bits per heavy atom. The number of rotatable bonds is 7. The lowest BCUT2D eigenvalue weighted by atomic mass is 10.1. The lowest BCUT2D eigenvalue weighted by Crippen LogP contribution is -2.27. The molecule has 2 amide bonds. The third-order valence-electron chi connectivity index (χ3n) is 5.04. The smallest absolute Gasteiger partial charge is 0.293 e. The number of ether oxygens (including phenoxy) is 2. The second-order valence-electron chi connectivity index (χ2n) is 7.27. The zero-order valence-electron chi connectivity index (χ0n) is 17.9. The molecule has 1 heterocycles. The van der Waals surface area contributed by atoms with Gasteiger partial charge in [-0.15, -0.1) is 0 Å². The zero-order valence-corrected chi connectivity index (χ0v) is 20.2. The minimum Gasteiger partial charge on any atom is -0.493 e. The van der Waals surface area contributed by atoms with Gasteiger partial charge in [0.15, 0.2) is 11.5 Å². The van der Waals surface area contributed by atoms with Crippen molar-refractivity contribution < 1.29 is 23.5 Å². The minimum atomic E-state index is -0.494. The van der Waals surface area contributed by atoms with Crippen LogP contribution >= 0.6 is 35.0 Å². The van der Waals surface area contributed by atoms with Gasteiger partial charge in [-0.1, -0.05) is 53.5 Å². The maximum absolute atomic E-state index is 14.2. The number of imide groups is 1. The molecule has 0 bridgehead atoms. The number of methoxy groups -OCH3 is 1. The Hall–Kier alpha value is -3.00. The number of amides is 2. The number of carbonyl (C=O) groups is 2. The fourth-order valence-electron chi connectivity index (χ4n) is 3.37. The Bertz CT molecular complexity index is 1280. The summed E-state index contributed by atoms with van der Waals surface area (Å²) in [6, 6.07) is 16.5. The second-order valence-corrected chi connectivity index (χ2v) is 9.10. The van der Waals surface area contributed by atoms with Gasteiger partial charge in [-0.2, -0.15) is 0 Å². The number of halogens is 3. The Morgan fingerprint density at radius 3 is 2.56 bits per heavy atom. The highest BCUT2D eigenvalue weighted by atomic mass is 35.5. The van der Waals surface area contributed by atoms with Gasteiger partial charge in [0, 0.05) is 16.1 Å². The van der Waals surface area contributed by atoms with Crippen LogP contribution in [0, 0.1) is 5.82 Å². The van der Waals surface area contributed by atoms with Crippen LogP contribution in [0.4, 0.5) is 9.18 Å². The van der Waals surface area contributed by atoms with Crippen LogP contribution in [0.2, 0.25) is 10.0 Å². The van der Waals surface area contributed by atoms with E-state index in [0.29, 0.717) is 22.1 Å². The first-order chi connectivity index (χ1) is 16.4. The number of nitrogens with zero attached hydrogens (tertiary/aromatic N) is 1. The molecular weight excluding hydrogens is 500 g/mol. The summed E-state index contributed by atoms with van der Waals surface area (Å²) in [6.07, 6.45) is 1.56. The summed E-state index contributed by atoms with van der Waals surface area (Å²) in [5.41, 5.74) is 1.44. The lowest BCUT2D eigenvalue weighted by molar-refractivity contribution is -0.123. The van der Waals surface area contributed by atoms with Crippen molar-refractivity contribution in [3.8, 4) is 11.5 Å². The van der Waals surface area contributed by atoms with Crippen molar-refractivity contribution in [2.75, 3.05) is 7.11 Å². The van der Waals surface area contributed by atoms with Gasteiger partial charge >= 0.3 is 0 Å². The molecule has 0 unspecified atom stereocenters. The normalized spacial score (nSPS) is 14.7. The van der Waals surface area contributed by atoms with Crippen LogP contribution in [0.3, 0.4) is 0 Å². The summed E-state index contributed by atoms with van der Waals surface area (Å²) in [5, 5.41) is 0.367. The molecule has 0 N–H and O–H groups in total. The van der Waals surface area contributed by atoms with Crippen molar-refractivity contribution >= 4 is 52.2 Å². The van der Waals surface area contributed by atoms with E-state index in [1.54, 1.807) is 54.6 Å². The highest BCUT2D eigenvalue weighted by Gasteiger charge is 2.35. The van der Waals surface area contributed by atoms with Crippen molar-refractivity contribution in [1.82, 2.24) is 4.90 Å². The summed E-state index contributed by atoms with van der Waals surface area (Å²) in [7, 11) is 1.47. The van der Waals surface area contributed by atoms with Gasteiger partial charge in [0.05, 0.1) is 23.6 Å². The molecule has 3 aromatic carbocycles. The quantitative estimate of drug-likeness (QED) is 0.317. The van der Waals surface area contributed by atoms with E-state index in [1.165, 1.54) is 19.2 Å². The molecule has 0 aliphatic carbocycles. The van der Waals surface area contributed by atoms with E-state index >= 15 is 0 Å². The summed E-state index contributed by atoms with van der Waals surface area (Å²) in [6.45, 7) is -0.0429. The van der Waals surface area contributed by atoms with E-state index in [0.717, 1.165) is 22.2 Å². The van der Waals surface area contributed by atoms with E-state index < -0.39 is 11.7 Å². The van der Waals surface area contributed by atoms with Crippen LogP contribution < -0.4 is 9.47 Å². The van der Waals surface area contributed by atoms with Gasteiger partial charge in [-0.05, 0) is 53.7 Å². The first-order valence-corrected chi connectivity index (χ1v) is 11.7. The SMILES string of the molecule is COc1cccc(/C=C2\SC(=O)N(Cc3cccc(Cl)c3)C2=O)c1OCc1c(F)cccc1Cl. The van der Waals surface area contributed by atoms with Crippen molar-refractivity contribution in [1.29, 1.82) is 0 Å². The summed E-state index contributed by atoms with van der Waals surface area (Å²) in [4.78, 5) is 26.9. The molecule has 1 aliphatic heterocycles. The molecule has 9 heteroatoms. The Kier molecular flexibility index (Phi) is 7.46. The molecule has 0 radical (unpaired) electrons. The maximum Gasteiger partial charge on any atom is 0.293 e. The van der Waals surface area contributed by atoms with E-state index in [4.69, 9.17) is 32.7 Å². The molecule has 1 fully saturated rings. The fourth-order valence-corrected chi connectivity index (χ4v) is 4.63. The highest BCUT2D eigenvalue weighted by molar-refractivity contribution is 8.18. The van der Waals surface area contributed by atoms with Gasteiger partial charge in [0.1, 0.15) is 12.4 Å². The van der Waals surface area contributed by atoms with Crippen molar-refractivity contribution in [3.05, 3.63) is 98.1 Å². The molecule has 0 aromatic heterocycles. The topological polar surface area (TPSA) is 55.8 Å². The number of benzene rings is 3. The molecule has 4 rings (SSSR count). The summed E-state index contributed by atoms with van der Waals surface area (Å²) < 4.78 is 25.5. The van der Waals surface area contributed by atoms with Crippen molar-refractivity contribution in [3.63, 3.8) is 0 Å². The Balaban J connectivity index is 1.61. The van der Waals surface area contributed by atoms with Crippen molar-refractivity contribution in [2.45, 2.75) is 13.2 Å². The molecule has 0 atom stereocenters. The summed E-state index contributed by atoms with van der Waals surface area (Å²) >= 11 is 13.0. The predicted octanol–water partition coefficient (Wildman–Crippen LogP) is 6.96. The van der Waals surface area contributed by atoms with Gasteiger partial charge in [0.25, 0.3) is 11.1 Å². The van der Waals surface area contributed by atoms with Gasteiger partial charge < -0.3 is 9.47 Å². The number of hydrogen-bond acceptors (Lipinski definition) is 5. The van der Waals surface area contributed by atoms with Crippen molar-refractivity contribution in [2.24, 2.45) is 0 Å². The molecule has 34 heavy (non-hydrogen) atoms. The van der Waals surface area contributed by atoms with E-state index in [2.05, 4.69) is 0 Å². The highest BCUT2D eigenvalue weighted by Crippen LogP contribution is 2.38.